The highest BCUT2D eigenvalue weighted by Gasteiger charge is 2.17. The van der Waals surface area contributed by atoms with E-state index in [2.05, 4.69) is 10.6 Å². The number of carbonyl (C=O) groups is 2. The minimum Gasteiger partial charge on any atom is -0.385 e. The fourth-order valence-corrected chi connectivity index (χ4v) is 2.49. The molecule has 2 amide bonds. The Bertz CT molecular complexity index is 317. The Balaban J connectivity index is 2.13. The van der Waals surface area contributed by atoms with Gasteiger partial charge in [0.1, 0.15) is 0 Å². The molecule has 2 N–H and O–H groups in total. The third kappa shape index (κ3) is 8.02. The van der Waals surface area contributed by atoms with Gasteiger partial charge >= 0.3 is 0 Å². The maximum Gasteiger partial charge on any atom is 0.239 e. The zero-order valence-electron chi connectivity index (χ0n) is 13.3. The van der Waals surface area contributed by atoms with Gasteiger partial charge in [-0.3, -0.25) is 9.59 Å². The lowest BCUT2D eigenvalue weighted by Gasteiger charge is -2.23. The van der Waals surface area contributed by atoms with Crippen LogP contribution < -0.4 is 10.6 Å². The highest BCUT2D eigenvalue weighted by molar-refractivity contribution is 5.84. The Kier molecular flexibility index (Phi) is 9.01. The van der Waals surface area contributed by atoms with Gasteiger partial charge in [0, 0.05) is 33.7 Å². The van der Waals surface area contributed by atoms with Crippen molar-refractivity contribution in [2.45, 2.75) is 32.1 Å². The summed E-state index contributed by atoms with van der Waals surface area (Å²) in [5.41, 5.74) is 0. The van der Waals surface area contributed by atoms with E-state index in [0.717, 1.165) is 38.8 Å². The van der Waals surface area contributed by atoms with Gasteiger partial charge in [-0.15, -0.1) is 0 Å². The third-order valence-corrected chi connectivity index (χ3v) is 3.88. The summed E-state index contributed by atoms with van der Waals surface area (Å²) < 4.78 is 4.91. The van der Waals surface area contributed by atoms with E-state index in [0.29, 0.717) is 25.5 Å². The van der Waals surface area contributed by atoms with Crippen molar-refractivity contribution in [3.8, 4) is 0 Å². The number of ether oxygens (including phenoxy) is 1. The van der Waals surface area contributed by atoms with Crippen LogP contribution in [0.3, 0.4) is 0 Å². The van der Waals surface area contributed by atoms with Crippen molar-refractivity contribution in [1.82, 2.24) is 15.5 Å². The Morgan fingerprint density at radius 3 is 2.71 bits per heavy atom. The van der Waals surface area contributed by atoms with Gasteiger partial charge < -0.3 is 20.3 Å². The second kappa shape index (κ2) is 10.6. The molecule has 1 rings (SSSR count). The van der Waals surface area contributed by atoms with Crippen LogP contribution in [0.15, 0.2) is 0 Å². The fraction of sp³-hybridized carbons (Fsp3) is 0.867. The van der Waals surface area contributed by atoms with Gasteiger partial charge in [-0.05, 0) is 44.7 Å². The molecular formula is C15H29N3O3. The lowest BCUT2D eigenvalue weighted by Crippen LogP contribution is -2.39. The van der Waals surface area contributed by atoms with Gasteiger partial charge in [0.15, 0.2) is 0 Å². The molecule has 0 aliphatic carbocycles. The van der Waals surface area contributed by atoms with E-state index in [4.69, 9.17) is 4.74 Å². The molecule has 0 unspecified atom stereocenters. The predicted molar refractivity (Wildman–Crippen MR) is 82.0 cm³/mol. The highest BCUT2D eigenvalue weighted by atomic mass is 16.5. The van der Waals surface area contributed by atoms with Gasteiger partial charge in [0.05, 0.1) is 6.54 Å². The Hall–Kier alpha value is -1.14. The fourth-order valence-electron chi connectivity index (χ4n) is 2.49. The van der Waals surface area contributed by atoms with Crippen LogP contribution in [-0.2, 0) is 14.3 Å². The molecule has 0 saturated carbocycles. The van der Waals surface area contributed by atoms with E-state index in [9.17, 15) is 9.59 Å². The molecule has 1 saturated heterocycles. The smallest absolute Gasteiger partial charge is 0.239 e. The molecule has 0 bridgehead atoms. The summed E-state index contributed by atoms with van der Waals surface area (Å²) in [6, 6.07) is 0. The number of methoxy groups -OCH3 is 1. The molecule has 6 nitrogen and oxygen atoms in total. The lowest BCUT2D eigenvalue weighted by molar-refractivity contribution is -0.135. The first-order valence-electron chi connectivity index (χ1n) is 7.83. The zero-order chi connectivity index (χ0) is 15.5. The van der Waals surface area contributed by atoms with Gasteiger partial charge in [0.25, 0.3) is 0 Å². The summed E-state index contributed by atoms with van der Waals surface area (Å²) in [6.07, 6.45) is 4.56. The molecule has 0 spiro atoms. The topological polar surface area (TPSA) is 70.7 Å². The number of likely N-dealkylation sites (N-methyl/N-ethyl adjacent to an activating group) is 1. The maximum atomic E-state index is 12.0. The number of hydrogen-bond acceptors (Lipinski definition) is 4. The van der Waals surface area contributed by atoms with Crippen LogP contribution in [-0.4, -0.2) is 63.7 Å². The number of hydrogen-bond donors (Lipinski definition) is 2. The van der Waals surface area contributed by atoms with Crippen LogP contribution in [0.5, 0.6) is 0 Å². The molecule has 0 aromatic carbocycles. The molecule has 0 aromatic rings. The Morgan fingerprint density at radius 1 is 1.33 bits per heavy atom. The van der Waals surface area contributed by atoms with Crippen molar-refractivity contribution < 1.29 is 14.3 Å². The molecule has 1 fully saturated rings. The molecular weight excluding hydrogens is 270 g/mol. The number of piperidine rings is 1. The van der Waals surface area contributed by atoms with Gasteiger partial charge in [-0.1, -0.05) is 0 Å². The summed E-state index contributed by atoms with van der Waals surface area (Å²) >= 11 is 0. The summed E-state index contributed by atoms with van der Waals surface area (Å²) in [6.45, 7) is 3.46. The second-order valence-corrected chi connectivity index (χ2v) is 5.68. The predicted octanol–water partition coefficient (Wildman–Crippen LogP) is 0.377. The number of nitrogens with one attached hydrogen (secondary N) is 2. The quantitative estimate of drug-likeness (QED) is 0.604. The Morgan fingerprint density at radius 2 is 2.05 bits per heavy atom. The molecule has 1 heterocycles. The van der Waals surface area contributed by atoms with Crippen LogP contribution >= 0.6 is 0 Å². The van der Waals surface area contributed by atoms with E-state index in [-0.39, 0.29) is 18.4 Å². The van der Waals surface area contributed by atoms with Crippen LogP contribution in [0.4, 0.5) is 0 Å². The largest absolute Gasteiger partial charge is 0.385 e. The normalized spacial score (nSPS) is 15.7. The van der Waals surface area contributed by atoms with Crippen molar-refractivity contribution in [2.24, 2.45) is 5.92 Å². The average Bonchev–Trinajstić information content (AvgIpc) is 2.50. The van der Waals surface area contributed by atoms with Crippen LogP contribution in [0.25, 0.3) is 0 Å². The minimum absolute atomic E-state index is 0.0561. The number of rotatable bonds is 9. The van der Waals surface area contributed by atoms with Crippen molar-refractivity contribution in [2.75, 3.05) is 46.9 Å². The van der Waals surface area contributed by atoms with E-state index in [1.54, 1.807) is 14.2 Å². The number of carbonyl (C=O) groups excluding carboxylic acids is 2. The van der Waals surface area contributed by atoms with E-state index in [1.165, 1.54) is 4.90 Å². The monoisotopic (exact) mass is 299 g/mol. The first kappa shape index (κ1) is 17.9. The SMILES string of the molecule is COCCCNC(=O)CN(C)C(=O)CCC1CCNCC1. The molecule has 1 aliphatic rings. The third-order valence-electron chi connectivity index (χ3n) is 3.88. The summed E-state index contributed by atoms with van der Waals surface area (Å²) in [4.78, 5) is 25.2. The van der Waals surface area contributed by atoms with Crippen LogP contribution in [0, 0.1) is 5.92 Å². The molecule has 0 atom stereocenters. The van der Waals surface area contributed by atoms with Crippen LogP contribution in [0.1, 0.15) is 32.1 Å². The van der Waals surface area contributed by atoms with Crippen molar-refractivity contribution in [3.63, 3.8) is 0 Å². The van der Waals surface area contributed by atoms with E-state index < -0.39 is 0 Å². The second-order valence-electron chi connectivity index (χ2n) is 5.68. The van der Waals surface area contributed by atoms with Gasteiger partial charge in [-0.2, -0.15) is 0 Å². The average molecular weight is 299 g/mol. The lowest BCUT2D eigenvalue weighted by atomic mass is 9.93. The molecule has 0 aromatic heterocycles. The van der Waals surface area contributed by atoms with Gasteiger partial charge in [-0.25, -0.2) is 0 Å². The highest BCUT2D eigenvalue weighted by Crippen LogP contribution is 2.18. The first-order valence-corrected chi connectivity index (χ1v) is 7.83. The van der Waals surface area contributed by atoms with Crippen molar-refractivity contribution in [3.05, 3.63) is 0 Å². The number of amides is 2. The van der Waals surface area contributed by atoms with E-state index in [1.807, 2.05) is 0 Å². The number of nitrogens with zero attached hydrogens (tertiary/aromatic N) is 1. The standard InChI is InChI=1S/C15H29N3O3/c1-18(12-14(19)17-8-3-11-21-2)15(20)5-4-13-6-9-16-10-7-13/h13,16H,3-12H2,1-2H3,(H,17,19). The Labute approximate surface area is 127 Å². The first-order chi connectivity index (χ1) is 10.1. The molecule has 122 valence electrons. The molecule has 0 radical (unpaired) electrons. The van der Waals surface area contributed by atoms with Gasteiger partial charge in [0.2, 0.25) is 11.8 Å². The minimum atomic E-state index is -0.108. The van der Waals surface area contributed by atoms with Crippen molar-refractivity contribution in [1.29, 1.82) is 0 Å². The summed E-state index contributed by atoms with van der Waals surface area (Å²) in [5.74, 6) is 0.593. The molecule has 21 heavy (non-hydrogen) atoms. The van der Waals surface area contributed by atoms with E-state index >= 15 is 0 Å². The maximum absolute atomic E-state index is 12.0. The van der Waals surface area contributed by atoms with Crippen LogP contribution in [0.2, 0.25) is 0 Å². The zero-order valence-corrected chi connectivity index (χ0v) is 13.3. The van der Waals surface area contributed by atoms with Crippen molar-refractivity contribution >= 4 is 11.8 Å². The molecule has 6 heteroatoms. The molecule has 1 aliphatic heterocycles. The summed E-state index contributed by atoms with van der Waals surface area (Å²) in [7, 11) is 3.33. The summed E-state index contributed by atoms with van der Waals surface area (Å²) in [5, 5.41) is 6.11.